The molecular formula is C16H19FN2S. The SMILES string of the molecule is Cc1sc(C2(N)CCCCC2)nc1-c1ccccc1F. The van der Waals surface area contributed by atoms with Crippen molar-refractivity contribution >= 4 is 11.3 Å². The Balaban J connectivity index is 2.01. The van der Waals surface area contributed by atoms with E-state index in [4.69, 9.17) is 5.73 Å². The number of aryl methyl sites for hydroxylation is 1. The normalized spacial score (nSPS) is 18.1. The number of hydrogen-bond acceptors (Lipinski definition) is 3. The third-order valence-corrected chi connectivity index (χ3v) is 5.29. The number of rotatable bonds is 2. The highest BCUT2D eigenvalue weighted by Gasteiger charge is 2.33. The Hall–Kier alpha value is -1.26. The Kier molecular flexibility index (Phi) is 3.61. The summed E-state index contributed by atoms with van der Waals surface area (Å²) in [5, 5.41) is 0.966. The first-order valence-electron chi connectivity index (χ1n) is 7.12. The third kappa shape index (κ3) is 2.38. The summed E-state index contributed by atoms with van der Waals surface area (Å²) in [5.74, 6) is -0.220. The quantitative estimate of drug-likeness (QED) is 0.891. The lowest BCUT2D eigenvalue weighted by molar-refractivity contribution is 0.301. The highest BCUT2D eigenvalue weighted by molar-refractivity contribution is 7.12. The van der Waals surface area contributed by atoms with Gasteiger partial charge in [0, 0.05) is 10.4 Å². The van der Waals surface area contributed by atoms with Gasteiger partial charge in [0.05, 0.1) is 11.2 Å². The molecule has 1 aliphatic rings. The number of nitrogens with zero attached hydrogens (tertiary/aromatic N) is 1. The monoisotopic (exact) mass is 290 g/mol. The van der Waals surface area contributed by atoms with Gasteiger partial charge >= 0.3 is 0 Å². The van der Waals surface area contributed by atoms with Crippen LogP contribution in [0.5, 0.6) is 0 Å². The van der Waals surface area contributed by atoms with Gasteiger partial charge in [0.1, 0.15) is 10.8 Å². The van der Waals surface area contributed by atoms with Crippen molar-refractivity contribution in [3.63, 3.8) is 0 Å². The van der Waals surface area contributed by atoms with E-state index >= 15 is 0 Å². The fourth-order valence-corrected chi connectivity index (χ4v) is 4.00. The van der Waals surface area contributed by atoms with Gasteiger partial charge in [-0.05, 0) is 31.9 Å². The Labute approximate surface area is 122 Å². The summed E-state index contributed by atoms with van der Waals surface area (Å²) in [7, 11) is 0. The summed E-state index contributed by atoms with van der Waals surface area (Å²) in [6.45, 7) is 2.00. The van der Waals surface area contributed by atoms with Crippen LogP contribution in [0.4, 0.5) is 4.39 Å². The molecule has 2 aromatic rings. The summed E-state index contributed by atoms with van der Waals surface area (Å²) in [5.41, 5.74) is 7.55. The molecule has 1 aromatic heterocycles. The maximum absolute atomic E-state index is 13.9. The van der Waals surface area contributed by atoms with Crippen LogP contribution in [0, 0.1) is 12.7 Å². The van der Waals surface area contributed by atoms with E-state index in [1.165, 1.54) is 12.5 Å². The van der Waals surface area contributed by atoms with Crippen LogP contribution in [0.3, 0.4) is 0 Å². The van der Waals surface area contributed by atoms with E-state index in [9.17, 15) is 4.39 Å². The Bertz CT molecular complexity index is 615. The summed E-state index contributed by atoms with van der Waals surface area (Å²) >= 11 is 1.62. The van der Waals surface area contributed by atoms with E-state index in [0.717, 1.165) is 41.3 Å². The van der Waals surface area contributed by atoms with Gasteiger partial charge in [-0.3, -0.25) is 0 Å². The number of hydrogen-bond donors (Lipinski definition) is 1. The van der Waals surface area contributed by atoms with Gasteiger partial charge in [0.2, 0.25) is 0 Å². The van der Waals surface area contributed by atoms with Crippen LogP contribution in [-0.4, -0.2) is 4.98 Å². The summed E-state index contributed by atoms with van der Waals surface area (Å²) < 4.78 is 13.9. The molecule has 2 N–H and O–H groups in total. The second-order valence-electron chi connectivity index (χ2n) is 5.62. The molecule has 1 aliphatic carbocycles. The predicted octanol–water partition coefficient (Wildman–Crippen LogP) is 4.38. The molecule has 20 heavy (non-hydrogen) atoms. The first-order valence-corrected chi connectivity index (χ1v) is 7.93. The van der Waals surface area contributed by atoms with E-state index in [0.29, 0.717) is 5.56 Å². The molecular weight excluding hydrogens is 271 g/mol. The number of nitrogens with two attached hydrogens (primary N) is 1. The molecule has 1 fully saturated rings. The van der Waals surface area contributed by atoms with Crippen LogP contribution in [0.2, 0.25) is 0 Å². The molecule has 0 amide bonds. The van der Waals surface area contributed by atoms with Crippen molar-refractivity contribution in [2.24, 2.45) is 5.73 Å². The van der Waals surface area contributed by atoms with Gasteiger partial charge < -0.3 is 5.73 Å². The molecule has 3 rings (SSSR count). The molecule has 1 heterocycles. The molecule has 0 radical (unpaired) electrons. The van der Waals surface area contributed by atoms with Gasteiger partial charge in [-0.15, -0.1) is 11.3 Å². The van der Waals surface area contributed by atoms with E-state index in [1.54, 1.807) is 23.5 Å². The molecule has 1 aromatic carbocycles. The predicted molar refractivity (Wildman–Crippen MR) is 81.2 cm³/mol. The lowest BCUT2D eigenvalue weighted by atomic mass is 9.83. The van der Waals surface area contributed by atoms with E-state index in [1.807, 2.05) is 13.0 Å². The first kappa shape index (κ1) is 13.7. The summed E-state index contributed by atoms with van der Waals surface area (Å²) in [4.78, 5) is 5.73. The van der Waals surface area contributed by atoms with E-state index in [-0.39, 0.29) is 11.4 Å². The number of aromatic nitrogens is 1. The molecule has 106 valence electrons. The largest absolute Gasteiger partial charge is 0.319 e. The van der Waals surface area contributed by atoms with Crippen molar-refractivity contribution in [3.8, 4) is 11.3 Å². The molecule has 0 bridgehead atoms. The second-order valence-corrected chi connectivity index (χ2v) is 6.82. The summed E-state index contributed by atoms with van der Waals surface area (Å²) in [6.07, 6.45) is 5.53. The van der Waals surface area contributed by atoms with Crippen molar-refractivity contribution in [3.05, 3.63) is 40.0 Å². The van der Waals surface area contributed by atoms with Gasteiger partial charge in [0.25, 0.3) is 0 Å². The minimum absolute atomic E-state index is 0.220. The zero-order valence-corrected chi connectivity index (χ0v) is 12.5. The highest BCUT2D eigenvalue weighted by atomic mass is 32.1. The topological polar surface area (TPSA) is 38.9 Å². The zero-order chi connectivity index (χ0) is 14.2. The van der Waals surface area contributed by atoms with Crippen molar-refractivity contribution in [2.45, 2.75) is 44.6 Å². The lowest BCUT2D eigenvalue weighted by Gasteiger charge is -2.31. The zero-order valence-electron chi connectivity index (χ0n) is 11.7. The van der Waals surface area contributed by atoms with Crippen LogP contribution < -0.4 is 5.73 Å². The van der Waals surface area contributed by atoms with Gasteiger partial charge in [-0.25, -0.2) is 9.37 Å². The molecule has 1 saturated carbocycles. The average Bonchev–Trinajstić information content (AvgIpc) is 2.83. The Morgan fingerprint density at radius 2 is 1.90 bits per heavy atom. The molecule has 0 atom stereocenters. The van der Waals surface area contributed by atoms with E-state index < -0.39 is 0 Å². The maximum atomic E-state index is 13.9. The summed E-state index contributed by atoms with van der Waals surface area (Å²) in [6, 6.07) is 6.81. The van der Waals surface area contributed by atoms with Crippen LogP contribution in [0.1, 0.15) is 42.0 Å². The molecule has 2 nitrogen and oxygen atoms in total. The fourth-order valence-electron chi connectivity index (χ4n) is 2.91. The van der Waals surface area contributed by atoms with E-state index in [2.05, 4.69) is 4.98 Å². The lowest BCUT2D eigenvalue weighted by Crippen LogP contribution is -2.38. The standard InChI is InChI=1S/C16H19FN2S/c1-11-14(12-7-3-4-8-13(12)17)19-15(20-11)16(18)9-5-2-6-10-16/h3-4,7-8H,2,5-6,9-10,18H2,1H3. The second kappa shape index (κ2) is 5.26. The van der Waals surface area contributed by atoms with Crippen molar-refractivity contribution in [1.29, 1.82) is 0 Å². The van der Waals surface area contributed by atoms with Crippen LogP contribution in [0.25, 0.3) is 11.3 Å². The number of halogens is 1. The van der Waals surface area contributed by atoms with Gasteiger partial charge in [-0.2, -0.15) is 0 Å². The molecule has 0 saturated heterocycles. The van der Waals surface area contributed by atoms with Crippen LogP contribution in [0.15, 0.2) is 24.3 Å². The Morgan fingerprint density at radius 3 is 2.60 bits per heavy atom. The smallest absolute Gasteiger partial charge is 0.132 e. The molecule has 0 unspecified atom stereocenters. The minimum Gasteiger partial charge on any atom is -0.319 e. The highest BCUT2D eigenvalue weighted by Crippen LogP contribution is 2.39. The van der Waals surface area contributed by atoms with Crippen molar-refractivity contribution in [2.75, 3.05) is 0 Å². The first-order chi connectivity index (χ1) is 9.60. The van der Waals surface area contributed by atoms with Gasteiger partial charge in [0.15, 0.2) is 0 Å². The molecule has 0 aliphatic heterocycles. The molecule has 4 heteroatoms. The van der Waals surface area contributed by atoms with Crippen molar-refractivity contribution < 1.29 is 4.39 Å². The van der Waals surface area contributed by atoms with Gasteiger partial charge in [-0.1, -0.05) is 31.4 Å². The third-order valence-electron chi connectivity index (χ3n) is 4.10. The fraction of sp³-hybridized carbons (Fsp3) is 0.438. The van der Waals surface area contributed by atoms with Crippen LogP contribution >= 0.6 is 11.3 Å². The minimum atomic E-state index is -0.308. The molecule has 0 spiro atoms. The van der Waals surface area contributed by atoms with Crippen LogP contribution in [-0.2, 0) is 5.54 Å². The average molecular weight is 290 g/mol. The number of thiazole rings is 1. The maximum Gasteiger partial charge on any atom is 0.132 e. The Morgan fingerprint density at radius 1 is 1.20 bits per heavy atom. The number of benzene rings is 1. The van der Waals surface area contributed by atoms with Crippen molar-refractivity contribution in [1.82, 2.24) is 4.98 Å².